The zero-order valence-corrected chi connectivity index (χ0v) is 21.2. The standard InChI is InChI=1S/C31H36N2O4/c32-28(22-26-14-5-2-6-15-26)29(34)16-9-17-31(36)37-33-30(35)23-27-20-18-25(19-21-27)13-8-7-12-24-10-3-1-4-11-24/h1-6,10-11,14-15,18-21,28H,7-9,12-13,16-17,22-23,32H2,(H,33,35)/t28-/m0/s1. The monoisotopic (exact) mass is 500 g/mol. The molecule has 6 heteroatoms. The Balaban J connectivity index is 1.26. The van der Waals surface area contributed by atoms with Crippen molar-refractivity contribution in [2.45, 2.75) is 63.8 Å². The summed E-state index contributed by atoms with van der Waals surface area (Å²) in [4.78, 5) is 41.1. The molecule has 3 aromatic carbocycles. The smallest absolute Gasteiger partial charge is 0.332 e. The van der Waals surface area contributed by atoms with Gasteiger partial charge < -0.3 is 10.6 Å². The van der Waals surface area contributed by atoms with Gasteiger partial charge in [0.05, 0.1) is 12.5 Å². The number of Topliss-reactive ketones (excluding diaryl/α,β-unsaturated/α-hetero) is 1. The van der Waals surface area contributed by atoms with Crippen LogP contribution in [-0.4, -0.2) is 23.7 Å². The van der Waals surface area contributed by atoms with Crippen LogP contribution in [0.15, 0.2) is 84.9 Å². The molecule has 0 aliphatic heterocycles. The molecule has 3 rings (SSSR count). The van der Waals surface area contributed by atoms with E-state index in [9.17, 15) is 14.4 Å². The van der Waals surface area contributed by atoms with Crippen LogP contribution in [0.3, 0.4) is 0 Å². The number of ketones is 1. The molecular formula is C31H36N2O4. The van der Waals surface area contributed by atoms with Crippen molar-refractivity contribution in [1.82, 2.24) is 5.48 Å². The molecule has 0 fully saturated rings. The number of hydrogen-bond acceptors (Lipinski definition) is 5. The van der Waals surface area contributed by atoms with Gasteiger partial charge in [0.2, 0.25) is 0 Å². The van der Waals surface area contributed by atoms with Crippen LogP contribution < -0.4 is 11.2 Å². The molecule has 1 atom stereocenters. The van der Waals surface area contributed by atoms with E-state index in [2.05, 4.69) is 29.7 Å². The Labute approximate surface area is 219 Å². The van der Waals surface area contributed by atoms with Crippen LogP contribution in [-0.2, 0) is 44.9 Å². The summed E-state index contributed by atoms with van der Waals surface area (Å²) in [6, 6.07) is 27.4. The summed E-state index contributed by atoms with van der Waals surface area (Å²) in [7, 11) is 0. The van der Waals surface area contributed by atoms with Gasteiger partial charge in [-0.05, 0) is 60.8 Å². The first-order valence-electron chi connectivity index (χ1n) is 12.9. The summed E-state index contributed by atoms with van der Waals surface area (Å²) in [6.07, 6.45) is 5.45. The Morgan fingerprint density at radius 1 is 0.676 bits per heavy atom. The van der Waals surface area contributed by atoms with Crippen LogP contribution in [0, 0.1) is 0 Å². The Morgan fingerprint density at radius 2 is 1.22 bits per heavy atom. The van der Waals surface area contributed by atoms with Crippen molar-refractivity contribution in [3.8, 4) is 0 Å². The summed E-state index contributed by atoms with van der Waals surface area (Å²) in [6.45, 7) is 0. The molecule has 0 spiro atoms. The summed E-state index contributed by atoms with van der Waals surface area (Å²) >= 11 is 0. The maximum absolute atomic E-state index is 12.2. The van der Waals surface area contributed by atoms with Crippen LogP contribution in [0.4, 0.5) is 0 Å². The number of benzene rings is 3. The van der Waals surface area contributed by atoms with Crippen LogP contribution in [0.2, 0.25) is 0 Å². The van der Waals surface area contributed by atoms with E-state index in [-0.39, 0.29) is 25.0 Å². The first-order chi connectivity index (χ1) is 18.0. The molecule has 0 unspecified atom stereocenters. The third kappa shape index (κ3) is 10.8. The van der Waals surface area contributed by atoms with E-state index in [1.165, 1.54) is 11.1 Å². The molecule has 0 aromatic heterocycles. The third-order valence-corrected chi connectivity index (χ3v) is 6.21. The second-order valence-corrected chi connectivity index (χ2v) is 9.30. The van der Waals surface area contributed by atoms with Crippen LogP contribution in [0.5, 0.6) is 0 Å². The first-order valence-corrected chi connectivity index (χ1v) is 12.9. The molecule has 0 bridgehead atoms. The number of hydrogen-bond donors (Lipinski definition) is 2. The summed E-state index contributed by atoms with van der Waals surface area (Å²) in [5.74, 6) is -1.08. The van der Waals surface area contributed by atoms with E-state index in [0.717, 1.165) is 36.8 Å². The number of amides is 1. The first kappa shape index (κ1) is 27.8. The Morgan fingerprint density at radius 3 is 1.84 bits per heavy atom. The third-order valence-electron chi connectivity index (χ3n) is 6.21. The second-order valence-electron chi connectivity index (χ2n) is 9.30. The highest BCUT2D eigenvalue weighted by Crippen LogP contribution is 2.11. The van der Waals surface area contributed by atoms with Crippen molar-refractivity contribution in [1.29, 1.82) is 0 Å². The molecule has 1 amide bonds. The molecule has 3 N–H and O–H groups in total. The van der Waals surface area contributed by atoms with Crippen LogP contribution >= 0.6 is 0 Å². The highest BCUT2D eigenvalue weighted by atomic mass is 16.7. The van der Waals surface area contributed by atoms with E-state index in [1.54, 1.807) is 0 Å². The number of hydroxylamine groups is 1. The Kier molecular flexibility index (Phi) is 11.5. The molecule has 194 valence electrons. The van der Waals surface area contributed by atoms with Gasteiger partial charge in [-0.15, -0.1) is 0 Å². The minimum absolute atomic E-state index is 0.0308. The summed E-state index contributed by atoms with van der Waals surface area (Å²) < 4.78 is 0. The van der Waals surface area contributed by atoms with Gasteiger partial charge in [-0.25, -0.2) is 4.79 Å². The Hall–Kier alpha value is -3.77. The van der Waals surface area contributed by atoms with E-state index in [4.69, 9.17) is 10.6 Å². The number of unbranched alkanes of at least 4 members (excludes halogenated alkanes) is 1. The average Bonchev–Trinajstić information content (AvgIpc) is 2.92. The van der Waals surface area contributed by atoms with Crippen LogP contribution in [0.1, 0.15) is 54.4 Å². The predicted molar refractivity (Wildman–Crippen MR) is 144 cm³/mol. The predicted octanol–water partition coefficient (Wildman–Crippen LogP) is 4.68. The minimum Gasteiger partial charge on any atom is -0.341 e. The van der Waals surface area contributed by atoms with Crippen molar-refractivity contribution < 1.29 is 19.2 Å². The lowest BCUT2D eigenvalue weighted by Gasteiger charge is -2.10. The van der Waals surface area contributed by atoms with Crippen molar-refractivity contribution in [2.24, 2.45) is 5.73 Å². The quantitative estimate of drug-likeness (QED) is 0.247. The lowest BCUT2D eigenvalue weighted by atomic mass is 10.00. The molecule has 0 saturated carbocycles. The number of rotatable bonds is 14. The van der Waals surface area contributed by atoms with Crippen molar-refractivity contribution in [2.75, 3.05) is 0 Å². The van der Waals surface area contributed by atoms with Gasteiger partial charge in [0.1, 0.15) is 5.78 Å². The lowest BCUT2D eigenvalue weighted by Crippen LogP contribution is -2.32. The number of carbonyl (C=O) groups is 3. The molecule has 0 aliphatic carbocycles. The van der Waals surface area contributed by atoms with Gasteiger partial charge >= 0.3 is 5.97 Å². The van der Waals surface area contributed by atoms with Gasteiger partial charge in [0.25, 0.3) is 5.91 Å². The number of aryl methyl sites for hydroxylation is 2. The number of nitrogens with one attached hydrogen (secondary N) is 1. The van der Waals surface area contributed by atoms with Gasteiger partial charge in [0, 0.05) is 12.8 Å². The molecule has 0 heterocycles. The van der Waals surface area contributed by atoms with E-state index in [1.807, 2.05) is 60.7 Å². The fraction of sp³-hybridized carbons (Fsp3) is 0.323. The largest absolute Gasteiger partial charge is 0.341 e. The molecule has 0 aliphatic rings. The molecule has 6 nitrogen and oxygen atoms in total. The zero-order chi connectivity index (χ0) is 26.3. The van der Waals surface area contributed by atoms with Gasteiger partial charge in [-0.2, -0.15) is 5.48 Å². The van der Waals surface area contributed by atoms with E-state index >= 15 is 0 Å². The fourth-order valence-corrected chi connectivity index (χ4v) is 4.09. The molecule has 0 saturated heterocycles. The van der Waals surface area contributed by atoms with Crippen molar-refractivity contribution >= 4 is 17.7 Å². The SMILES string of the molecule is N[C@@H](Cc1ccccc1)C(=O)CCCC(=O)ONC(=O)Cc1ccc(CCCCc2ccccc2)cc1. The molecule has 3 aromatic rings. The topological polar surface area (TPSA) is 98.5 Å². The van der Waals surface area contributed by atoms with Gasteiger partial charge in [-0.3, -0.25) is 9.59 Å². The number of nitrogens with two attached hydrogens (primary N) is 1. The maximum Gasteiger partial charge on any atom is 0.332 e. The van der Waals surface area contributed by atoms with Gasteiger partial charge in [-0.1, -0.05) is 84.9 Å². The minimum atomic E-state index is -0.598. The zero-order valence-electron chi connectivity index (χ0n) is 21.2. The lowest BCUT2D eigenvalue weighted by molar-refractivity contribution is -0.158. The number of carbonyl (C=O) groups excluding carboxylic acids is 3. The molecule has 0 radical (unpaired) electrons. The summed E-state index contributed by atoms with van der Waals surface area (Å²) in [5.41, 5.74) is 12.6. The van der Waals surface area contributed by atoms with Crippen LogP contribution in [0.25, 0.3) is 0 Å². The maximum atomic E-state index is 12.2. The summed E-state index contributed by atoms with van der Waals surface area (Å²) in [5, 5.41) is 0. The molecular weight excluding hydrogens is 464 g/mol. The average molecular weight is 501 g/mol. The van der Waals surface area contributed by atoms with Crippen molar-refractivity contribution in [3.63, 3.8) is 0 Å². The Bertz CT molecular complexity index is 1110. The second kappa shape index (κ2) is 15.4. The highest BCUT2D eigenvalue weighted by Gasteiger charge is 2.15. The van der Waals surface area contributed by atoms with E-state index in [0.29, 0.717) is 12.8 Å². The van der Waals surface area contributed by atoms with Crippen molar-refractivity contribution in [3.05, 3.63) is 107 Å². The fourth-order valence-electron chi connectivity index (χ4n) is 4.09. The van der Waals surface area contributed by atoms with Gasteiger partial charge in [0.15, 0.2) is 0 Å². The molecule has 37 heavy (non-hydrogen) atoms. The highest BCUT2D eigenvalue weighted by molar-refractivity contribution is 5.84. The van der Waals surface area contributed by atoms with E-state index < -0.39 is 17.9 Å². The normalized spacial score (nSPS) is 11.5.